The van der Waals surface area contributed by atoms with Crippen LogP contribution in [0.5, 0.6) is 0 Å². The Bertz CT molecular complexity index is 735. The number of nitro groups is 1. The number of hydrogen-bond donors (Lipinski definition) is 1. The van der Waals surface area contributed by atoms with Crippen LogP contribution in [0.25, 0.3) is 0 Å². The lowest BCUT2D eigenvalue weighted by Gasteiger charge is -2.14. The van der Waals surface area contributed by atoms with Crippen LogP contribution in [0.2, 0.25) is 0 Å². The molecule has 0 saturated carbocycles. The molecule has 6 heteroatoms. The summed E-state index contributed by atoms with van der Waals surface area (Å²) in [6.45, 7) is 0.467. The number of nitrogens with one attached hydrogen (secondary N) is 1. The third-order valence-electron chi connectivity index (χ3n) is 3.23. The molecule has 2 rings (SSSR count). The molecule has 6 nitrogen and oxygen atoms in total. The first kappa shape index (κ1) is 15.3. The summed E-state index contributed by atoms with van der Waals surface area (Å²) in [7, 11) is 3.91. The molecule has 2 aromatic rings. The predicted molar refractivity (Wildman–Crippen MR) is 85.9 cm³/mol. The largest absolute Gasteiger partial charge is 0.378 e. The number of nitrogens with zero attached hydrogens (tertiary/aromatic N) is 3. The van der Waals surface area contributed by atoms with Crippen LogP contribution in [0.4, 0.5) is 17.1 Å². The van der Waals surface area contributed by atoms with E-state index in [-0.39, 0.29) is 11.3 Å². The smallest absolute Gasteiger partial charge is 0.293 e. The monoisotopic (exact) mass is 296 g/mol. The zero-order valence-corrected chi connectivity index (χ0v) is 12.4. The van der Waals surface area contributed by atoms with E-state index in [1.54, 1.807) is 12.1 Å². The average molecular weight is 296 g/mol. The molecule has 2 aromatic carbocycles. The zero-order valence-electron chi connectivity index (χ0n) is 12.4. The fourth-order valence-electron chi connectivity index (χ4n) is 2.04. The second-order valence-electron chi connectivity index (χ2n) is 5.02. The van der Waals surface area contributed by atoms with E-state index in [4.69, 9.17) is 5.26 Å². The average Bonchev–Trinajstić information content (AvgIpc) is 2.52. The van der Waals surface area contributed by atoms with Crippen molar-refractivity contribution in [3.05, 3.63) is 63.7 Å². The SMILES string of the molecule is CN(C)c1cccc(CNc2ccc(C#N)cc2[N+](=O)[O-])c1. The van der Waals surface area contributed by atoms with Gasteiger partial charge in [0.1, 0.15) is 5.69 Å². The number of benzene rings is 2. The molecule has 0 aliphatic heterocycles. The van der Waals surface area contributed by atoms with Crippen LogP contribution < -0.4 is 10.2 Å². The van der Waals surface area contributed by atoms with E-state index in [1.807, 2.05) is 49.3 Å². The maximum Gasteiger partial charge on any atom is 0.293 e. The van der Waals surface area contributed by atoms with E-state index in [2.05, 4.69) is 5.32 Å². The van der Waals surface area contributed by atoms with Gasteiger partial charge in [0, 0.05) is 32.4 Å². The summed E-state index contributed by atoms with van der Waals surface area (Å²) in [5.74, 6) is 0. The second-order valence-corrected chi connectivity index (χ2v) is 5.02. The Morgan fingerprint density at radius 3 is 2.68 bits per heavy atom. The van der Waals surface area contributed by atoms with Gasteiger partial charge in [0.05, 0.1) is 16.6 Å². The van der Waals surface area contributed by atoms with Crippen molar-refractivity contribution in [3.63, 3.8) is 0 Å². The van der Waals surface area contributed by atoms with Crippen LogP contribution in [-0.4, -0.2) is 19.0 Å². The van der Waals surface area contributed by atoms with Crippen LogP contribution in [0, 0.1) is 21.4 Å². The van der Waals surface area contributed by atoms with Crippen molar-refractivity contribution >= 4 is 17.1 Å². The van der Waals surface area contributed by atoms with Gasteiger partial charge >= 0.3 is 0 Å². The third kappa shape index (κ3) is 3.52. The molecule has 0 unspecified atom stereocenters. The molecule has 0 radical (unpaired) electrons. The summed E-state index contributed by atoms with van der Waals surface area (Å²) >= 11 is 0. The fraction of sp³-hybridized carbons (Fsp3) is 0.188. The molecule has 0 fully saturated rings. The highest BCUT2D eigenvalue weighted by Crippen LogP contribution is 2.26. The Morgan fingerprint density at radius 2 is 2.05 bits per heavy atom. The van der Waals surface area contributed by atoms with Gasteiger partial charge in [-0.2, -0.15) is 5.26 Å². The summed E-state index contributed by atoms with van der Waals surface area (Å²) in [6.07, 6.45) is 0. The minimum Gasteiger partial charge on any atom is -0.378 e. The second kappa shape index (κ2) is 6.59. The molecule has 0 heterocycles. The Morgan fingerprint density at radius 1 is 1.27 bits per heavy atom. The van der Waals surface area contributed by atoms with Gasteiger partial charge in [0.15, 0.2) is 0 Å². The van der Waals surface area contributed by atoms with Gasteiger partial charge < -0.3 is 10.2 Å². The molecule has 0 atom stereocenters. The number of nitro benzene ring substituents is 1. The van der Waals surface area contributed by atoms with Gasteiger partial charge in [0.25, 0.3) is 5.69 Å². The Kier molecular flexibility index (Phi) is 4.59. The number of anilines is 2. The molecule has 0 bridgehead atoms. The van der Waals surface area contributed by atoms with E-state index >= 15 is 0 Å². The molecular formula is C16H16N4O2. The normalized spacial score (nSPS) is 9.86. The standard InChI is InChI=1S/C16H16N4O2/c1-19(2)14-5-3-4-13(8-14)11-18-15-7-6-12(10-17)9-16(15)20(21)22/h3-9,18H,11H2,1-2H3. The lowest BCUT2D eigenvalue weighted by molar-refractivity contribution is -0.384. The van der Waals surface area contributed by atoms with Crippen molar-refractivity contribution in [2.24, 2.45) is 0 Å². The molecule has 1 N–H and O–H groups in total. The lowest BCUT2D eigenvalue weighted by Crippen LogP contribution is -2.09. The first-order chi connectivity index (χ1) is 10.5. The Labute approximate surface area is 128 Å². The van der Waals surface area contributed by atoms with Gasteiger partial charge in [-0.25, -0.2) is 0 Å². The fourth-order valence-corrected chi connectivity index (χ4v) is 2.04. The van der Waals surface area contributed by atoms with Crippen LogP contribution >= 0.6 is 0 Å². The van der Waals surface area contributed by atoms with Gasteiger partial charge in [-0.1, -0.05) is 12.1 Å². The molecule has 0 spiro atoms. The Hall–Kier alpha value is -3.07. The first-order valence-electron chi connectivity index (χ1n) is 6.70. The van der Waals surface area contributed by atoms with Crippen LogP contribution in [0.15, 0.2) is 42.5 Å². The maximum absolute atomic E-state index is 11.1. The van der Waals surface area contributed by atoms with Crippen molar-refractivity contribution in [1.29, 1.82) is 5.26 Å². The summed E-state index contributed by atoms with van der Waals surface area (Å²) in [4.78, 5) is 12.6. The molecular weight excluding hydrogens is 280 g/mol. The molecule has 0 aliphatic carbocycles. The van der Waals surface area contributed by atoms with Crippen molar-refractivity contribution < 1.29 is 4.92 Å². The van der Waals surface area contributed by atoms with Crippen LogP contribution in [0.3, 0.4) is 0 Å². The number of hydrogen-bond acceptors (Lipinski definition) is 5. The van der Waals surface area contributed by atoms with Crippen molar-refractivity contribution in [1.82, 2.24) is 0 Å². The highest BCUT2D eigenvalue weighted by atomic mass is 16.6. The maximum atomic E-state index is 11.1. The summed E-state index contributed by atoms with van der Waals surface area (Å²) in [6, 6.07) is 14.2. The first-order valence-corrected chi connectivity index (χ1v) is 6.70. The van der Waals surface area contributed by atoms with E-state index in [0.717, 1.165) is 11.3 Å². The van der Waals surface area contributed by atoms with Crippen LogP contribution in [-0.2, 0) is 6.54 Å². The molecule has 112 valence electrons. The van der Waals surface area contributed by atoms with Gasteiger partial charge in [-0.15, -0.1) is 0 Å². The van der Waals surface area contributed by atoms with Crippen molar-refractivity contribution in [2.75, 3.05) is 24.3 Å². The molecule has 0 saturated heterocycles. The highest BCUT2D eigenvalue weighted by Gasteiger charge is 2.14. The lowest BCUT2D eigenvalue weighted by atomic mass is 10.1. The van der Waals surface area contributed by atoms with Gasteiger partial charge in [-0.3, -0.25) is 10.1 Å². The minimum absolute atomic E-state index is 0.0946. The zero-order chi connectivity index (χ0) is 16.1. The molecule has 22 heavy (non-hydrogen) atoms. The molecule has 0 aliphatic rings. The van der Waals surface area contributed by atoms with Gasteiger partial charge in [0.2, 0.25) is 0 Å². The van der Waals surface area contributed by atoms with Crippen molar-refractivity contribution in [3.8, 4) is 6.07 Å². The number of rotatable bonds is 5. The van der Waals surface area contributed by atoms with Crippen molar-refractivity contribution in [2.45, 2.75) is 6.54 Å². The topological polar surface area (TPSA) is 82.2 Å². The van der Waals surface area contributed by atoms with Crippen LogP contribution in [0.1, 0.15) is 11.1 Å². The van der Waals surface area contributed by atoms with Gasteiger partial charge in [-0.05, 0) is 29.8 Å². The highest BCUT2D eigenvalue weighted by molar-refractivity contribution is 5.64. The van der Waals surface area contributed by atoms with E-state index in [1.165, 1.54) is 6.07 Å². The summed E-state index contributed by atoms with van der Waals surface area (Å²) in [5, 5.41) is 23.0. The van der Waals surface area contributed by atoms with E-state index < -0.39 is 4.92 Å². The quantitative estimate of drug-likeness (QED) is 0.677. The van der Waals surface area contributed by atoms with E-state index in [0.29, 0.717) is 12.2 Å². The summed E-state index contributed by atoms with van der Waals surface area (Å²) in [5.41, 5.74) is 2.66. The number of nitriles is 1. The molecule has 0 amide bonds. The third-order valence-corrected chi connectivity index (χ3v) is 3.23. The molecule has 0 aromatic heterocycles. The Balaban J connectivity index is 2.20. The predicted octanol–water partition coefficient (Wildman–Crippen LogP) is 3.14. The summed E-state index contributed by atoms with van der Waals surface area (Å²) < 4.78 is 0. The van der Waals surface area contributed by atoms with E-state index in [9.17, 15) is 10.1 Å². The minimum atomic E-state index is -0.487.